The number of amides is 1. The van der Waals surface area contributed by atoms with Crippen molar-refractivity contribution in [3.8, 4) is 5.75 Å². The number of sulfonamides is 1. The number of ether oxygens (including phenoxy) is 1. The Bertz CT molecular complexity index is 1040. The Labute approximate surface area is 179 Å². The summed E-state index contributed by atoms with van der Waals surface area (Å²) in [7, 11) is -3.36. The number of benzene rings is 2. The van der Waals surface area contributed by atoms with E-state index in [0.717, 1.165) is 23.8 Å². The predicted octanol–water partition coefficient (Wildman–Crippen LogP) is 2.73. The average Bonchev–Trinajstić information content (AvgIpc) is 2.72. The highest BCUT2D eigenvalue weighted by Crippen LogP contribution is 2.19. The van der Waals surface area contributed by atoms with Gasteiger partial charge in [0.15, 0.2) is 11.6 Å². The van der Waals surface area contributed by atoms with Crippen LogP contribution in [0.15, 0.2) is 42.5 Å². The molecule has 0 radical (unpaired) electrons. The molecule has 2 aromatic rings. The molecule has 168 valence electrons. The first-order valence-corrected chi connectivity index (χ1v) is 11.1. The topological polar surface area (TPSA) is 102 Å². The van der Waals surface area contributed by atoms with Crippen molar-refractivity contribution in [1.29, 1.82) is 0 Å². The van der Waals surface area contributed by atoms with E-state index < -0.39 is 45.3 Å². The molecule has 7 nitrogen and oxygen atoms in total. The summed E-state index contributed by atoms with van der Waals surface area (Å²) < 4.78 is 57.4. The first-order chi connectivity index (χ1) is 14.5. The third kappa shape index (κ3) is 7.11. The lowest BCUT2D eigenvalue weighted by molar-refractivity contribution is -0.133. The Hall–Kier alpha value is -2.85. The summed E-state index contributed by atoms with van der Waals surface area (Å²) in [5.41, 5.74) is 0.719. The van der Waals surface area contributed by atoms with Gasteiger partial charge in [-0.05, 0) is 55.7 Å². The van der Waals surface area contributed by atoms with E-state index in [1.807, 2.05) is 6.92 Å². The molecule has 10 heteroatoms. The minimum atomic E-state index is -3.36. The van der Waals surface area contributed by atoms with Gasteiger partial charge in [0.1, 0.15) is 12.3 Å². The van der Waals surface area contributed by atoms with Crippen molar-refractivity contribution >= 4 is 21.9 Å². The fourth-order valence-corrected chi connectivity index (χ4v) is 3.27. The van der Waals surface area contributed by atoms with Gasteiger partial charge in [0, 0.05) is 12.1 Å². The van der Waals surface area contributed by atoms with E-state index in [1.54, 1.807) is 38.1 Å². The van der Waals surface area contributed by atoms with Gasteiger partial charge in [-0.1, -0.05) is 19.1 Å². The van der Waals surface area contributed by atoms with Crippen molar-refractivity contribution in [2.75, 3.05) is 13.1 Å². The molecular weight excluding hydrogens is 430 g/mol. The zero-order chi connectivity index (χ0) is 23.2. The molecule has 0 aliphatic heterocycles. The Morgan fingerprint density at radius 2 is 1.65 bits per heavy atom. The zero-order valence-corrected chi connectivity index (χ0v) is 18.1. The third-order valence-corrected chi connectivity index (χ3v) is 6.28. The van der Waals surface area contributed by atoms with Crippen LogP contribution in [0.2, 0.25) is 0 Å². The predicted molar refractivity (Wildman–Crippen MR) is 111 cm³/mol. The number of nitrogens with one attached hydrogen (secondary N) is 2. The van der Waals surface area contributed by atoms with Crippen molar-refractivity contribution in [3.63, 3.8) is 0 Å². The number of hydrogen-bond acceptors (Lipinski definition) is 5. The van der Waals surface area contributed by atoms with Crippen LogP contribution in [-0.2, 0) is 14.8 Å². The number of halogens is 2. The standard InChI is InChI=1S/C21H24F2N2O5S/c1-13(2)31(28,29)25-11-14(3)15-4-7-17(8-5-15)30-20(26)12-24-21(27)16-6-9-18(22)19(23)10-16/h4-10,13-14,25H,11-12H2,1-3H3,(H,24,27). The first kappa shape index (κ1) is 24.4. The lowest BCUT2D eigenvalue weighted by Gasteiger charge is -2.15. The van der Waals surface area contributed by atoms with Crippen molar-refractivity contribution < 1.29 is 31.5 Å². The molecule has 0 aliphatic carbocycles. The highest BCUT2D eigenvalue weighted by atomic mass is 32.2. The Balaban J connectivity index is 1.85. The van der Waals surface area contributed by atoms with Crippen molar-refractivity contribution in [2.24, 2.45) is 0 Å². The molecule has 0 saturated heterocycles. The average molecular weight is 454 g/mol. The zero-order valence-electron chi connectivity index (χ0n) is 17.3. The van der Waals surface area contributed by atoms with E-state index in [1.165, 1.54) is 0 Å². The normalized spacial score (nSPS) is 12.5. The molecule has 2 aromatic carbocycles. The van der Waals surface area contributed by atoms with Gasteiger partial charge >= 0.3 is 5.97 Å². The van der Waals surface area contributed by atoms with E-state index in [2.05, 4.69) is 10.0 Å². The summed E-state index contributed by atoms with van der Waals surface area (Å²) in [6.45, 7) is 4.81. The van der Waals surface area contributed by atoms with E-state index in [4.69, 9.17) is 4.74 Å². The SMILES string of the molecule is CC(CNS(=O)(=O)C(C)C)c1ccc(OC(=O)CNC(=O)c2ccc(F)c(F)c2)cc1. The largest absolute Gasteiger partial charge is 0.425 e. The van der Waals surface area contributed by atoms with Crippen molar-refractivity contribution in [2.45, 2.75) is 31.9 Å². The molecule has 2 rings (SSSR count). The maximum atomic E-state index is 13.2. The van der Waals surface area contributed by atoms with Gasteiger partial charge in [-0.15, -0.1) is 0 Å². The van der Waals surface area contributed by atoms with Crippen LogP contribution in [0.5, 0.6) is 5.75 Å². The Morgan fingerprint density at radius 3 is 2.23 bits per heavy atom. The fourth-order valence-electron chi connectivity index (χ4n) is 2.45. The van der Waals surface area contributed by atoms with Gasteiger partial charge in [-0.3, -0.25) is 4.79 Å². The van der Waals surface area contributed by atoms with E-state index in [-0.39, 0.29) is 23.8 Å². The van der Waals surface area contributed by atoms with Crippen LogP contribution in [0.1, 0.15) is 42.6 Å². The number of carbonyl (C=O) groups excluding carboxylic acids is 2. The summed E-state index contributed by atoms with van der Waals surface area (Å²) in [6, 6.07) is 9.17. The second-order valence-electron chi connectivity index (χ2n) is 7.20. The van der Waals surface area contributed by atoms with E-state index in [9.17, 15) is 26.8 Å². The second kappa shape index (κ2) is 10.5. The third-order valence-electron chi connectivity index (χ3n) is 4.47. The number of esters is 1. The van der Waals surface area contributed by atoms with Gasteiger partial charge in [-0.2, -0.15) is 0 Å². The monoisotopic (exact) mass is 454 g/mol. The van der Waals surface area contributed by atoms with Crippen LogP contribution in [0.3, 0.4) is 0 Å². The second-order valence-corrected chi connectivity index (χ2v) is 9.52. The molecule has 0 spiro atoms. The van der Waals surface area contributed by atoms with E-state index in [0.29, 0.717) is 0 Å². The smallest absolute Gasteiger partial charge is 0.330 e. The Kier molecular flexibility index (Phi) is 8.23. The molecule has 1 unspecified atom stereocenters. The molecule has 2 N–H and O–H groups in total. The van der Waals surface area contributed by atoms with Gasteiger partial charge in [0.05, 0.1) is 5.25 Å². The number of carbonyl (C=O) groups is 2. The number of hydrogen-bond donors (Lipinski definition) is 2. The maximum absolute atomic E-state index is 13.2. The van der Waals surface area contributed by atoms with Crippen molar-refractivity contribution in [1.82, 2.24) is 10.0 Å². The van der Waals surface area contributed by atoms with Crippen LogP contribution < -0.4 is 14.8 Å². The Morgan fingerprint density at radius 1 is 1.00 bits per heavy atom. The van der Waals surface area contributed by atoms with Gasteiger partial charge in [0.25, 0.3) is 5.91 Å². The minimum Gasteiger partial charge on any atom is -0.425 e. The quantitative estimate of drug-likeness (QED) is 0.448. The van der Waals surface area contributed by atoms with Crippen molar-refractivity contribution in [3.05, 3.63) is 65.2 Å². The van der Waals surface area contributed by atoms with Crippen LogP contribution in [-0.4, -0.2) is 38.6 Å². The summed E-state index contributed by atoms with van der Waals surface area (Å²) in [4.78, 5) is 23.8. The molecule has 0 fully saturated rings. The molecule has 0 aliphatic rings. The van der Waals surface area contributed by atoms with Crippen LogP contribution in [0, 0.1) is 11.6 Å². The lowest BCUT2D eigenvalue weighted by Crippen LogP contribution is -2.33. The number of rotatable bonds is 9. The molecule has 0 saturated carbocycles. The molecule has 0 heterocycles. The molecule has 31 heavy (non-hydrogen) atoms. The molecule has 0 aromatic heterocycles. The molecule has 1 amide bonds. The minimum absolute atomic E-state index is 0.103. The van der Waals surface area contributed by atoms with Gasteiger partial charge in [-0.25, -0.2) is 26.7 Å². The summed E-state index contributed by atoms with van der Waals surface area (Å²) >= 11 is 0. The lowest BCUT2D eigenvalue weighted by atomic mass is 10.0. The highest BCUT2D eigenvalue weighted by Gasteiger charge is 2.17. The van der Waals surface area contributed by atoms with E-state index >= 15 is 0 Å². The molecular formula is C21H24F2N2O5S. The molecule has 1 atom stereocenters. The summed E-state index contributed by atoms with van der Waals surface area (Å²) in [5, 5.41) is 1.74. The highest BCUT2D eigenvalue weighted by molar-refractivity contribution is 7.90. The van der Waals surface area contributed by atoms with Crippen LogP contribution >= 0.6 is 0 Å². The van der Waals surface area contributed by atoms with Crippen LogP contribution in [0.25, 0.3) is 0 Å². The van der Waals surface area contributed by atoms with Gasteiger partial charge < -0.3 is 10.1 Å². The summed E-state index contributed by atoms with van der Waals surface area (Å²) in [6.07, 6.45) is 0. The first-order valence-electron chi connectivity index (χ1n) is 9.52. The maximum Gasteiger partial charge on any atom is 0.330 e. The summed E-state index contributed by atoms with van der Waals surface area (Å²) in [5.74, 6) is -3.60. The molecule has 0 bridgehead atoms. The van der Waals surface area contributed by atoms with Crippen LogP contribution in [0.4, 0.5) is 8.78 Å². The fraction of sp³-hybridized carbons (Fsp3) is 0.333. The van der Waals surface area contributed by atoms with Gasteiger partial charge in [0.2, 0.25) is 10.0 Å².